The first kappa shape index (κ1) is 27.1. The number of hydrogen-bond acceptors (Lipinski definition) is 3. The summed E-state index contributed by atoms with van der Waals surface area (Å²) in [6.07, 6.45) is 7.12. The zero-order chi connectivity index (χ0) is 27.6. The Bertz CT molecular complexity index is 1580. The van der Waals surface area contributed by atoms with Crippen molar-refractivity contribution in [3.05, 3.63) is 114 Å². The lowest BCUT2D eigenvalue weighted by atomic mass is 9.72. The van der Waals surface area contributed by atoms with E-state index in [4.69, 9.17) is 0 Å². The first-order valence-corrected chi connectivity index (χ1v) is 16.0. The molecule has 0 bridgehead atoms. The maximum Gasteiger partial charge on any atom is 0.240 e. The fourth-order valence-corrected chi connectivity index (χ4v) is 8.00. The van der Waals surface area contributed by atoms with Gasteiger partial charge in [0.15, 0.2) is 0 Å². The molecule has 0 aromatic heterocycles. The van der Waals surface area contributed by atoms with Crippen molar-refractivity contribution in [1.29, 1.82) is 0 Å². The van der Waals surface area contributed by atoms with E-state index in [1.165, 1.54) is 17.5 Å². The molecule has 6 heteroatoms. The van der Waals surface area contributed by atoms with Crippen LogP contribution < -0.4 is 10.0 Å². The maximum absolute atomic E-state index is 14.1. The van der Waals surface area contributed by atoms with Crippen molar-refractivity contribution in [2.75, 3.05) is 13.1 Å². The smallest absolute Gasteiger partial charge is 0.240 e. The van der Waals surface area contributed by atoms with Crippen LogP contribution in [0.5, 0.6) is 0 Å². The van der Waals surface area contributed by atoms with Gasteiger partial charge in [0.2, 0.25) is 10.0 Å². The van der Waals surface area contributed by atoms with Gasteiger partial charge in [0, 0.05) is 25.0 Å². The van der Waals surface area contributed by atoms with Gasteiger partial charge in [-0.05, 0) is 82.8 Å². The van der Waals surface area contributed by atoms with Crippen molar-refractivity contribution in [1.82, 2.24) is 10.0 Å². The molecule has 2 atom stereocenters. The van der Waals surface area contributed by atoms with Crippen molar-refractivity contribution >= 4 is 20.8 Å². The summed E-state index contributed by atoms with van der Waals surface area (Å²) >= 11 is 0. The Labute approximate surface area is 237 Å². The molecule has 0 heterocycles. The van der Waals surface area contributed by atoms with Gasteiger partial charge in [0.25, 0.3) is 0 Å². The highest BCUT2D eigenvalue weighted by atomic mass is 32.2. The number of aryl methyl sites for hydroxylation is 1. The van der Waals surface area contributed by atoms with Gasteiger partial charge in [-0.2, -0.15) is 0 Å². The van der Waals surface area contributed by atoms with Crippen LogP contribution in [-0.2, 0) is 16.4 Å². The predicted octanol–water partition coefficient (Wildman–Crippen LogP) is 6.94. The van der Waals surface area contributed by atoms with Crippen LogP contribution in [0, 0.1) is 11.2 Å². The molecule has 2 aliphatic rings. The first-order valence-electron chi connectivity index (χ1n) is 14.5. The zero-order valence-electron chi connectivity index (χ0n) is 22.8. The van der Waals surface area contributed by atoms with Crippen LogP contribution >= 0.6 is 0 Å². The fraction of sp³-hybridized carbons (Fsp3) is 0.353. The van der Waals surface area contributed by atoms with Gasteiger partial charge in [-0.25, -0.2) is 17.5 Å². The van der Waals surface area contributed by atoms with Crippen molar-refractivity contribution in [2.24, 2.45) is 5.41 Å². The average Bonchev–Trinajstić information content (AvgIpc) is 2.99. The molecule has 1 fully saturated rings. The number of fused-ring (bicyclic) bond motifs is 2. The van der Waals surface area contributed by atoms with E-state index in [9.17, 15) is 12.8 Å². The third-order valence-electron chi connectivity index (χ3n) is 9.05. The van der Waals surface area contributed by atoms with E-state index in [1.807, 2.05) is 42.5 Å². The Morgan fingerprint density at radius 3 is 2.35 bits per heavy atom. The number of nitrogens with one attached hydrogen (secondary N) is 2. The lowest BCUT2D eigenvalue weighted by Gasteiger charge is -2.41. The Hall–Kier alpha value is -3.06. The summed E-state index contributed by atoms with van der Waals surface area (Å²) < 4.78 is 43.9. The topological polar surface area (TPSA) is 58.2 Å². The van der Waals surface area contributed by atoms with Gasteiger partial charge in [-0.3, -0.25) is 0 Å². The predicted molar refractivity (Wildman–Crippen MR) is 159 cm³/mol. The molecule has 0 saturated heterocycles. The number of benzene rings is 4. The highest BCUT2D eigenvalue weighted by Crippen LogP contribution is 2.40. The summed E-state index contributed by atoms with van der Waals surface area (Å²) in [6.45, 7) is 1.16. The number of hydrogen-bond donors (Lipinski definition) is 2. The highest BCUT2D eigenvalue weighted by molar-refractivity contribution is 7.89. The largest absolute Gasteiger partial charge is 0.312 e. The number of halogens is 1. The van der Waals surface area contributed by atoms with E-state index in [0.717, 1.165) is 61.4 Å². The second-order valence-electron chi connectivity index (χ2n) is 11.7. The average molecular weight is 557 g/mol. The highest BCUT2D eigenvalue weighted by Gasteiger charge is 2.37. The number of sulfonamides is 1. The molecule has 2 N–H and O–H groups in total. The molecule has 2 unspecified atom stereocenters. The second-order valence-corrected chi connectivity index (χ2v) is 13.4. The maximum atomic E-state index is 14.1. The molecule has 6 rings (SSSR count). The van der Waals surface area contributed by atoms with Crippen LogP contribution in [0.2, 0.25) is 0 Å². The summed E-state index contributed by atoms with van der Waals surface area (Å²) in [6, 6.07) is 29.0. The van der Waals surface area contributed by atoms with Crippen molar-refractivity contribution in [3.8, 4) is 0 Å². The molecule has 40 heavy (non-hydrogen) atoms. The Kier molecular flexibility index (Phi) is 7.76. The minimum absolute atomic E-state index is 0.125. The van der Waals surface area contributed by atoms with E-state index in [1.54, 1.807) is 24.3 Å². The minimum atomic E-state index is -3.64. The lowest BCUT2D eigenvalue weighted by Crippen LogP contribution is -2.49. The standard InChI is InChI=1S/C34H37FN2O2S/c35-29-15-17-31-28(21-29)14-18-32(33(31)26-10-3-1-4-11-26)36-23-34(19-7-2-8-20-34)24-37-40(38,39)30-16-13-25-9-5-6-12-27(25)22-30/h1,3-6,9-13,15-17,21-22,32-33,36-37H,2,7-8,14,18-20,23-24H2. The van der Waals surface area contributed by atoms with E-state index in [-0.39, 0.29) is 23.2 Å². The monoisotopic (exact) mass is 556 g/mol. The second kappa shape index (κ2) is 11.4. The molecule has 2 aliphatic carbocycles. The van der Waals surface area contributed by atoms with E-state index in [0.29, 0.717) is 11.4 Å². The third kappa shape index (κ3) is 5.71. The molecule has 0 spiro atoms. The van der Waals surface area contributed by atoms with E-state index in [2.05, 4.69) is 34.3 Å². The zero-order valence-corrected chi connectivity index (χ0v) is 23.6. The Morgan fingerprint density at radius 1 is 0.800 bits per heavy atom. The first-order chi connectivity index (χ1) is 19.4. The molecule has 0 amide bonds. The van der Waals surface area contributed by atoms with Gasteiger partial charge in [-0.1, -0.05) is 86.0 Å². The van der Waals surface area contributed by atoms with Crippen molar-refractivity contribution in [2.45, 2.75) is 61.8 Å². The summed E-state index contributed by atoms with van der Waals surface area (Å²) in [5.41, 5.74) is 3.35. The van der Waals surface area contributed by atoms with Crippen LogP contribution in [-0.4, -0.2) is 27.5 Å². The molecule has 4 aromatic rings. The van der Waals surface area contributed by atoms with E-state index < -0.39 is 10.0 Å². The van der Waals surface area contributed by atoms with E-state index >= 15 is 0 Å². The van der Waals surface area contributed by atoms with Crippen LogP contribution in [0.1, 0.15) is 61.1 Å². The minimum Gasteiger partial charge on any atom is -0.312 e. The summed E-state index contributed by atoms with van der Waals surface area (Å²) in [4.78, 5) is 0.311. The lowest BCUT2D eigenvalue weighted by molar-refractivity contribution is 0.174. The Morgan fingerprint density at radius 2 is 1.55 bits per heavy atom. The molecular weight excluding hydrogens is 519 g/mol. The summed E-state index contributed by atoms with van der Waals surface area (Å²) in [5, 5.41) is 5.86. The third-order valence-corrected chi connectivity index (χ3v) is 10.4. The molecular formula is C34H37FN2O2S. The van der Waals surface area contributed by atoms with Crippen molar-refractivity contribution < 1.29 is 12.8 Å². The SMILES string of the molecule is O=S(=O)(NCC1(CNC2CCc3cc(F)ccc3C2c2ccccc2)CCCCC1)c1ccc2ccccc2c1. The number of rotatable bonds is 8. The Balaban J connectivity index is 1.22. The van der Waals surface area contributed by atoms with Gasteiger partial charge in [0.1, 0.15) is 5.82 Å². The fourth-order valence-electron chi connectivity index (χ4n) is 6.81. The van der Waals surface area contributed by atoms with Crippen LogP contribution in [0.15, 0.2) is 95.9 Å². The molecule has 208 valence electrons. The molecule has 4 aromatic carbocycles. The van der Waals surface area contributed by atoms with Crippen LogP contribution in [0.25, 0.3) is 10.8 Å². The van der Waals surface area contributed by atoms with Crippen LogP contribution in [0.3, 0.4) is 0 Å². The molecule has 0 aliphatic heterocycles. The summed E-state index contributed by atoms with van der Waals surface area (Å²) in [5.74, 6) is -0.0580. The summed E-state index contributed by atoms with van der Waals surface area (Å²) in [7, 11) is -3.64. The van der Waals surface area contributed by atoms with Crippen LogP contribution in [0.4, 0.5) is 4.39 Å². The van der Waals surface area contributed by atoms with Gasteiger partial charge < -0.3 is 5.32 Å². The normalized spacial score (nSPS) is 20.7. The quantitative estimate of drug-likeness (QED) is 0.247. The molecule has 4 nitrogen and oxygen atoms in total. The van der Waals surface area contributed by atoms with Gasteiger partial charge >= 0.3 is 0 Å². The molecule has 1 saturated carbocycles. The molecule has 0 radical (unpaired) electrons. The van der Waals surface area contributed by atoms with Crippen molar-refractivity contribution in [3.63, 3.8) is 0 Å². The van der Waals surface area contributed by atoms with Gasteiger partial charge in [0.05, 0.1) is 4.90 Å². The van der Waals surface area contributed by atoms with Gasteiger partial charge in [-0.15, -0.1) is 0 Å².